The summed E-state index contributed by atoms with van der Waals surface area (Å²) in [7, 11) is 3.76. The standard InChI is InChI=1S/C21H27N3O3/c1-4-27-14-8-13-22-21(26)18-15-17(11-12-19(18)24(2)3)23-20(25)16-9-6-5-7-10-16/h5-7,9-12,15H,4,8,13-14H2,1-3H3,(H,22,26)(H,23,25). The van der Waals surface area contributed by atoms with E-state index in [0.29, 0.717) is 36.6 Å². The molecule has 2 amide bonds. The van der Waals surface area contributed by atoms with Crippen molar-refractivity contribution in [2.45, 2.75) is 13.3 Å². The summed E-state index contributed by atoms with van der Waals surface area (Å²) in [6.45, 7) is 3.76. The van der Waals surface area contributed by atoms with Crippen LogP contribution in [0.4, 0.5) is 11.4 Å². The summed E-state index contributed by atoms with van der Waals surface area (Å²) in [5, 5.41) is 5.75. The lowest BCUT2D eigenvalue weighted by molar-refractivity contribution is 0.0943. The molecule has 6 heteroatoms. The third kappa shape index (κ3) is 6.11. The Bertz CT molecular complexity index is 761. The lowest BCUT2D eigenvalue weighted by atomic mass is 10.1. The average molecular weight is 369 g/mol. The Balaban J connectivity index is 2.11. The summed E-state index contributed by atoms with van der Waals surface area (Å²) in [4.78, 5) is 26.8. The van der Waals surface area contributed by atoms with E-state index in [9.17, 15) is 9.59 Å². The van der Waals surface area contributed by atoms with E-state index in [1.54, 1.807) is 24.3 Å². The zero-order valence-corrected chi connectivity index (χ0v) is 16.1. The van der Waals surface area contributed by atoms with Crippen molar-refractivity contribution < 1.29 is 14.3 Å². The zero-order chi connectivity index (χ0) is 19.6. The third-order valence-corrected chi connectivity index (χ3v) is 3.97. The van der Waals surface area contributed by atoms with Crippen molar-refractivity contribution in [3.05, 3.63) is 59.7 Å². The van der Waals surface area contributed by atoms with Gasteiger partial charge in [-0.2, -0.15) is 0 Å². The minimum absolute atomic E-state index is 0.175. The van der Waals surface area contributed by atoms with Gasteiger partial charge in [-0.15, -0.1) is 0 Å². The molecular formula is C21H27N3O3. The third-order valence-electron chi connectivity index (χ3n) is 3.97. The lowest BCUT2D eigenvalue weighted by Crippen LogP contribution is -2.27. The summed E-state index contributed by atoms with van der Waals surface area (Å²) in [6, 6.07) is 14.3. The molecule has 0 aliphatic carbocycles. The number of benzene rings is 2. The smallest absolute Gasteiger partial charge is 0.255 e. The number of nitrogens with zero attached hydrogens (tertiary/aromatic N) is 1. The van der Waals surface area contributed by atoms with E-state index in [4.69, 9.17) is 4.74 Å². The van der Waals surface area contributed by atoms with Gasteiger partial charge in [0.25, 0.3) is 11.8 Å². The summed E-state index contributed by atoms with van der Waals surface area (Å²) in [6.07, 6.45) is 0.751. The van der Waals surface area contributed by atoms with Crippen LogP contribution in [0, 0.1) is 0 Å². The Morgan fingerprint density at radius 1 is 1.04 bits per heavy atom. The maximum Gasteiger partial charge on any atom is 0.255 e. The van der Waals surface area contributed by atoms with Gasteiger partial charge in [-0.1, -0.05) is 18.2 Å². The topological polar surface area (TPSA) is 70.7 Å². The molecule has 0 radical (unpaired) electrons. The Morgan fingerprint density at radius 3 is 2.44 bits per heavy atom. The van der Waals surface area contributed by atoms with Gasteiger partial charge in [0, 0.05) is 50.8 Å². The Labute approximate surface area is 160 Å². The first-order valence-electron chi connectivity index (χ1n) is 9.06. The van der Waals surface area contributed by atoms with Crippen molar-refractivity contribution >= 4 is 23.2 Å². The number of hydrogen-bond donors (Lipinski definition) is 2. The first kappa shape index (κ1) is 20.5. The second kappa shape index (κ2) is 10.3. The molecule has 2 N–H and O–H groups in total. The van der Waals surface area contributed by atoms with E-state index in [2.05, 4.69) is 10.6 Å². The molecule has 2 aromatic carbocycles. The number of carbonyl (C=O) groups excluding carboxylic acids is 2. The second-order valence-corrected chi connectivity index (χ2v) is 6.25. The number of ether oxygens (including phenoxy) is 1. The van der Waals surface area contributed by atoms with Crippen molar-refractivity contribution in [3.8, 4) is 0 Å². The normalized spacial score (nSPS) is 10.3. The lowest BCUT2D eigenvalue weighted by Gasteiger charge is -2.18. The molecule has 2 aromatic rings. The minimum atomic E-state index is -0.212. The molecule has 0 saturated carbocycles. The Hall–Kier alpha value is -2.86. The Kier molecular flexibility index (Phi) is 7.82. The highest BCUT2D eigenvalue weighted by molar-refractivity contribution is 6.06. The van der Waals surface area contributed by atoms with Crippen LogP contribution in [0.1, 0.15) is 34.1 Å². The van der Waals surface area contributed by atoms with Crippen LogP contribution >= 0.6 is 0 Å². The van der Waals surface area contributed by atoms with E-state index in [1.807, 2.05) is 50.2 Å². The van der Waals surface area contributed by atoms with Gasteiger partial charge >= 0.3 is 0 Å². The van der Waals surface area contributed by atoms with Crippen LogP contribution in [-0.4, -0.2) is 45.7 Å². The van der Waals surface area contributed by atoms with Crippen LogP contribution in [0.2, 0.25) is 0 Å². The van der Waals surface area contributed by atoms with Gasteiger partial charge < -0.3 is 20.3 Å². The van der Waals surface area contributed by atoms with E-state index in [0.717, 1.165) is 12.1 Å². The molecule has 0 fully saturated rings. The molecule has 6 nitrogen and oxygen atoms in total. The van der Waals surface area contributed by atoms with Gasteiger partial charge in [0.05, 0.1) is 5.56 Å². The van der Waals surface area contributed by atoms with Crippen molar-refractivity contribution in [1.82, 2.24) is 5.32 Å². The molecule has 0 heterocycles. The van der Waals surface area contributed by atoms with E-state index >= 15 is 0 Å². The van der Waals surface area contributed by atoms with Crippen LogP contribution in [0.25, 0.3) is 0 Å². The van der Waals surface area contributed by atoms with Crippen molar-refractivity contribution in [3.63, 3.8) is 0 Å². The monoisotopic (exact) mass is 369 g/mol. The van der Waals surface area contributed by atoms with Gasteiger partial charge in [-0.05, 0) is 43.7 Å². The molecule has 0 unspecified atom stereocenters. The summed E-state index contributed by atoms with van der Waals surface area (Å²) >= 11 is 0. The van der Waals surface area contributed by atoms with Crippen LogP contribution in [0.15, 0.2) is 48.5 Å². The molecule has 27 heavy (non-hydrogen) atoms. The largest absolute Gasteiger partial charge is 0.382 e. The van der Waals surface area contributed by atoms with Gasteiger partial charge in [0.1, 0.15) is 0 Å². The SMILES string of the molecule is CCOCCCNC(=O)c1cc(NC(=O)c2ccccc2)ccc1N(C)C. The van der Waals surface area contributed by atoms with Crippen molar-refractivity contribution in [2.75, 3.05) is 44.1 Å². The molecule has 0 spiro atoms. The first-order chi connectivity index (χ1) is 13.0. The summed E-state index contributed by atoms with van der Waals surface area (Å²) in [5.74, 6) is -0.387. The summed E-state index contributed by atoms with van der Waals surface area (Å²) in [5.41, 5.74) is 2.45. The molecule has 0 bridgehead atoms. The number of nitrogens with one attached hydrogen (secondary N) is 2. The van der Waals surface area contributed by atoms with Gasteiger partial charge in [-0.25, -0.2) is 0 Å². The number of hydrogen-bond acceptors (Lipinski definition) is 4. The van der Waals surface area contributed by atoms with Gasteiger partial charge in [0.2, 0.25) is 0 Å². The molecular weight excluding hydrogens is 342 g/mol. The number of rotatable bonds is 9. The minimum Gasteiger partial charge on any atom is -0.382 e. The number of carbonyl (C=O) groups is 2. The van der Waals surface area contributed by atoms with Crippen LogP contribution < -0.4 is 15.5 Å². The van der Waals surface area contributed by atoms with Gasteiger partial charge in [0.15, 0.2) is 0 Å². The van der Waals surface area contributed by atoms with Gasteiger partial charge in [-0.3, -0.25) is 9.59 Å². The maximum absolute atomic E-state index is 12.6. The molecule has 0 aliphatic heterocycles. The number of anilines is 2. The highest BCUT2D eigenvalue weighted by Gasteiger charge is 2.15. The quantitative estimate of drug-likeness (QED) is 0.666. The second-order valence-electron chi connectivity index (χ2n) is 6.25. The molecule has 2 rings (SSSR count). The average Bonchev–Trinajstić information content (AvgIpc) is 2.68. The molecule has 0 aromatic heterocycles. The van der Waals surface area contributed by atoms with Crippen LogP contribution in [0.5, 0.6) is 0 Å². The highest BCUT2D eigenvalue weighted by atomic mass is 16.5. The molecule has 0 atom stereocenters. The van der Waals surface area contributed by atoms with Crippen LogP contribution in [0.3, 0.4) is 0 Å². The molecule has 0 saturated heterocycles. The first-order valence-corrected chi connectivity index (χ1v) is 9.06. The number of amides is 2. The van der Waals surface area contributed by atoms with E-state index in [1.165, 1.54) is 0 Å². The zero-order valence-electron chi connectivity index (χ0n) is 16.1. The summed E-state index contributed by atoms with van der Waals surface area (Å²) < 4.78 is 5.28. The maximum atomic E-state index is 12.6. The Morgan fingerprint density at radius 2 is 1.78 bits per heavy atom. The fourth-order valence-electron chi connectivity index (χ4n) is 2.59. The van der Waals surface area contributed by atoms with Crippen LogP contribution in [-0.2, 0) is 4.74 Å². The van der Waals surface area contributed by atoms with Crippen molar-refractivity contribution in [2.24, 2.45) is 0 Å². The molecule has 0 aliphatic rings. The highest BCUT2D eigenvalue weighted by Crippen LogP contribution is 2.23. The molecule has 144 valence electrons. The predicted octanol–water partition coefficient (Wildman–Crippen LogP) is 3.16. The van der Waals surface area contributed by atoms with Crippen molar-refractivity contribution in [1.29, 1.82) is 0 Å². The van der Waals surface area contributed by atoms with E-state index in [-0.39, 0.29) is 11.8 Å². The fourth-order valence-corrected chi connectivity index (χ4v) is 2.59. The van der Waals surface area contributed by atoms with E-state index < -0.39 is 0 Å². The fraction of sp³-hybridized carbons (Fsp3) is 0.333. The predicted molar refractivity (Wildman–Crippen MR) is 109 cm³/mol.